The molecule has 1 N–H and O–H groups in total. The SMILES string of the molecule is CCN(CC)CC(C)NC1CCCC(C)C1C. The highest BCUT2D eigenvalue weighted by atomic mass is 15.1. The van der Waals surface area contributed by atoms with Gasteiger partial charge < -0.3 is 10.2 Å². The van der Waals surface area contributed by atoms with Gasteiger partial charge in [0.25, 0.3) is 0 Å². The van der Waals surface area contributed by atoms with Crippen molar-refractivity contribution in [2.24, 2.45) is 11.8 Å². The molecule has 2 heteroatoms. The number of hydrogen-bond acceptors (Lipinski definition) is 2. The van der Waals surface area contributed by atoms with Crippen LogP contribution in [-0.4, -0.2) is 36.6 Å². The first-order valence-electron chi connectivity index (χ1n) is 7.56. The van der Waals surface area contributed by atoms with Crippen LogP contribution in [0.1, 0.15) is 53.9 Å². The number of nitrogens with one attached hydrogen (secondary N) is 1. The van der Waals surface area contributed by atoms with Crippen LogP contribution in [0.3, 0.4) is 0 Å². The topological polar surface area (TPSA) is 15.3 Å². The maximum absolute atomic E-state index is 3.86. The summed E-state index contributed by atoms with van der Waals surface area (Å²) in [7, 11) is 0. The number of hydrogen-bond donors (Lipinski definition) is 1. The van der Waals surface area contributed by atoms with Gasteiger partial charge in [0, 0.05) is 18.6 Å². The standard InChI is InChI=1S/C15H32N2/c1-6-17(7-2)11-13(4)16-15-10-8-9-12(3)14(15)5/h12-16H,6-11H2,1-5H3. The molecule has 0 aromatic rings. The first-order valence-corrected chi connectivity index (χ1v) is 7.56. The molecule has 0 radical (unpaired) electrons. The summed E-state index contributed by atoms with van der Waals surface area (Å²) in [5.41, 5.74) is 0. The molecule has 4 atom stereocenters. The summed E-state index contributed by atoms with van der Waals surface area (Å²) >= 11 is 0. The Kier molecular flexibility index (Phi) is 6.50. The zero-order chi connectivity index (χ0) is 12.8. The predicted molar refractivity (Wildman–Crippen MR) is 76.4 cm³/mol. The molecule has 17 heavy (non-hydrogen) atoms. The molecule has 0 aromatic heterocycles. The minimum Gasteiger partial charge on any atom is -0.310 e. The third-order valence-corrected chi connectivity index (χ3v) is 4.63. The fourth-order valence-corrected chi connectivity index (χ4v) is 3.10. The fourth-order valence-electron chi connectivity index (χ4n) is 3.10. The van der Waals surface area contributed by atoms with E-state index in [-0.39, 0.29) is 0 Å². The van der Waals surface area contributed by atoms with Gasteiger partial charge in [-0.05, 0) is 38.3 Å². The molecular formula is C15H32N2. The molecule has 102 valence electrons. The van der Waals surface area contributed by atoms with Gasteiger partial charge >= 0.3 is 0 Å². The molecule has 0 heterocycles. The van der Waals surface area contributed by atoms with E-state index in [4.69, 9.17) is 0 Å². The Morgan fingerprint density at radius 1 is 1.18 bits per heavy atom. The Bertz CT molecular complexity index is 201. The third kappa shape index (κ3) is 4.59. The number of likely N-dealkylation sites (N-methyl/N-ethyl adjacent to an activating group) is 1. The Balaban J connectivity index is 2.36. The first kappa shape index (κ1) is 15.0. The van der Waals surface area contributed by atoms with Crippen molar-refractivity contribution in [2.75, 3.05) is 19.6 Å². The van der Waals surface area contributed by atoms with Crippen molar-refractivity contribution in [2.45, 2.75) is 66.0 Å². The lowest BCUT2D eigenvalue weighted by Crippen LogP contribution is -2.48. The fraction of sp³-hybridized carbons (Fsp3) is 1.00. The summed E-state index contributed by atoms with van der Waals surface area (Å²) < 4.78 is 0. The van der Waals surface area contributed by atoms with Gasteiger partial charge in [-0.2, -0.15) is 0 Å². The molecule has 1 aliphatic carbocycles. The van der Waals surface area contributed by atoms with E-state index in [1.54, 1.807) is 0 Å². The summed E-state index contributed by atoms with van der Waals surface area (Å²) in [5, 5.41) is 3.86. The van der Waals surface area contributed by atoms with E-state index in [0.29, 0.717) is 6.04 Å². The molecule has 0 bridgehead atoms. The minimum atomic E-state index is 0.618. The van der Waals surface area contributed by atoms with Crippen molar-refractivity contribution in [1.29, 1.82) is 0 Å². The van der Waals surface area contributed by atoms with Crippen LogP contribution in [0.4, 0.5) is 0 Å². The van der Waals surface area contributed by atoms with Gasteiger partial charge in [0.05, 0.1) is 0 Å². The second-order valence-electron chi connectivity index (χ2n) is 5.93. The van der Waals surface area contributed by atoms with Crippen LogP contribution >= 0.6 is 0 Å². The maximum Gasteiger partial charge on any atom is 0.0169 e. The third-order valence-electron chi connectivity index (χ3n) is 4.63. The molecular weight excluding hydrogens is 208 g/mol. The summed E-state index contributed by atoms with van der Waals surface area (Å²) in [5.74, 6) is 1.73. The molecule has 0 aromatic carbocycles. The Labute approximate surface area is 108 Å². The predicted octanol–water partition coefficient (Wildman–Crippen LogP) is 3.13. The maximum atomic E-state index is 3.86. The quantitative estimate of drug-likeness (QED) is 0.767. The largest absolute Gasteiger partial charge is 0.310 e. The second kappa shape index (κ2) is 7.38. The molecule has 0 saturated heterocycles. The van der Waals surface area contributed by atoms with Crippen molar-refractivity contribution in [3.05, 3.63) is 0 Å². The lowest BCUT2D eigenvalue weighted by molar-refractivity contribution is 0.179. The normalized spacial score (nSPS) is 31.8. The molecule has 2 nitrogen and oxygen atoms in total. The van der Waals surface area contributed by atoms with Gasteiger partial charge in [-0.1, -0.05) is 40.5 Å². The molecule has 0 spiro atoms. The van der Waals surface area contributed by atoms with Gasteiger partial charge in [-0.3, -0.25) is 0 Å². The lowest BCUT2D eigenvalue weighted by atomic mass is 9.78. The van der Waals surface area contributed by atoms with Crippen LogP contribution in [0.5, 0.6) is 0 Å². The molecule has 4 unspecified atom stereocenters. The van der Waals surface area contributed by atoms with Crippen molar-refractivity contribution < 1.29 is 0 Å². The smallest absolute Gasteiger partial charge is 0.0169 e. The van der Waals surface area contributed by atoms with Crippen LogP contribution in [0.25, 0.3) is 0 Å². The summed E-state index contributed by atoms with van der Waals surface area (Å²) in [6.45, 7) is 15.2. The Morgan fingerprint density at radius 3 is 2.41 bits per heavy atom. The van der Waals surface area contributed by atoms with Gasteiger partial charge in [-0.25, -0.2) is 0 Å². The highest BCUT2D eigenvalue weighted by Crippen LogP contribution is 2.29. The summed E-state index contributed by atoms with van der Waals surface area (Å²) in [6, 6.07) is 1.36. The van der Waals surface area contributed by atoms with Crippen molar-refractivity contribution >= 4 is 0 Å². The van der Waals surface area contributed by atoms with E-state index >= 15 is 0 Å². The van der Waals surface area contributed by atoms with Crippen LogP contribution < -0.4 is 5.32 Å². The van der Waals surface area contributed by atoms with Crippen molar-refractivity contribution in [1.82, 2.24) is 10.2 Å². The zero-order valence-electron chi connectivity index (χ0n) is 12.5. The van der Waals surface area contributed by atoms with E-state index in [2.05, 4.69) is 44.8 Å². The minimum absolute atomic E-state index is 0.618. The molecule has 1 fully saturated rings. The van der Waals surface area contributed by atoms with E-state index in [0.717, 1.165) is 17.9 Å². The van der Waals surface area contributed by atoms with Crippen LogP contribution in [-0.2, 0) is 0 Å². The van der Waals surface area contributed by atoms with E-state index in [9.17, 15) is 0 Å². The summed E-state index contributed by atoms with van der Waals surface area (Å²) in [6.07, 6.45) is 4.19. The highest BCUT2D eigenvalue weighted by Gasteiger charge is 2.27. The molecule has 0 aliphatic heterocycles. The van der Waals surface area contributed by atoms with Gasteiger partial charge in [0.1, 0.15) is 0 Å². The molecule has 1 rings (SSSR count). The molecule has 0 amide bonds. The van der Waals surface area contributed by atoms with Crippen molar-refractivity contribution in [3.8, 4) is 0 Å². The van der Waals surface area contributed by atoms with Gasteiger partial charge in [0.2, 0.25) is 0 Å². The van der Waals surface area contributed by atoms with Gasteiger partial charge in [0.15, 0.2) is 0 Å². The monoisotopic (exact) mass is 240 g/mol. The highest BCUT2D eigenvalue weighted by molar-refractivity contribution is 4.84. The van der Waals surface area contributed by atoms with E-state index in [1.807, 2.05) is 0 Å². The van der Waals surface area contributed by atoms with E-state index < -0.39 is 0 Å². The number of rotatable bonds is 6. The van der Waals surface area contributed by atoms with Crippen LogP contribution in [0.15, 0.2) is 0 Å². The van der Waals surface area contributed by atoms with E-state index in [1.165, 1.54) is 38.9 Å². The Hall–Kier alpha value is -0.0800. The van der Waals surface area contributed by atoms with Crippen molar-refractivity contribution in [3.63, 3.8) is 0 Å². The average molecular weight is 240 g/mol. The zero-order valence-corrected chi connectivity index (χ0v) is 12.5. The molecule has 1 aliphatic rings. The first-order chi connectivity index (χ1) is 8.08. The van der Waals surface area contributed by atoms with Gasteiger partial charge in [-0.15, -0.1) is 0 Å². The van der Waals surface area contributed by atoms with Crippen LogP contribution in [0, 0.1) is 11.8 Å². The molecule has 1 saturated carbocycles. The average Bonchev–Trinajstić information content (AvgIpc) is 2.32. The Morgan fingerprint density at radius 2 is 1.82 bits per heavy atom. The lowest BCUT2D eigenvalue weighted by Gasteiger charge is -2.37. The summed E-state index contributed by atoms with van der Waals surface area (Å²) in [4.78, 5) is 2.51. The van der Waals surface area contributed by atoms with Crippen LogP contribution in [0.2, 0.25) is 0 Å². The number of nitrogens with zero attached hydrogens (tertiary/aromatic N) is 1. The second-order valence-corrected chi connectivity index (χ2v) is 5.93.